The van der Waals surface area contributed by atoms with Crippen LogP contribution in [0.2, 0.25) is 0 Å². The van der Waals surface area contributed by atoms with E-state index in [1.54, 1.807) is 56.7 Å². The molecule has 0 fully saturated rings. The van der Waals surface area contributed by atoms with Crippen LogP contribution < -0.4 is 20.5 Å². The van der Waals surface area contributed by atoms with Crippen LogP contribution in [0.1, 0.15) is 5.56 Å². The fourth-order valence-electron chi connectivity index (χ4n) is 1.87. The van der Waals surface area contributed by atoms with Gasteiger partial charge in [-0.05, 0) is 29.8 Å². The van der Waals surface area contributed by atoms with Crippen molar-refractivity contribution in [3.63, 3.8) is 0 Å². The topological polar surface area (TPSA) is 89.1 Å². The maximum atomic E-state index is 9.24. The Morgan fingerprint density at radius 3 is 2.50 bits per heavy atom. The molecule has 0 aliphatic carbocycles. The second-order valence-electron chi connectivity index (χ2n) is 4.56. The van der Waals surface area contributed by atoms with E-state index < -0.39 is 0 Å². The average molecular weight is 301 g/mol. The van der Waals surface area contributed by atoms with Crippen LogP contribution in [-0.2, 0) is 6.54 Å². The van der Waals surface area contributed by atoms with Gasteiger partial charge in [-0.15, -0.1) is 0 Å². The predicted octanol–water partition coefficient (Wildman–Crippen LogP) is 2.34. The van der Waals surface area contributed by atoms with Crippen molar-refractivity contribution < 1.29 is 14.6 Å². The minimum atomic E-state index is 0.222. The van der Waals surface area contributed by atoms with Crippen LogP contribution in [0.4, 0.5) is 5.69 Å². The number of methoxy groups -OCH3 is 2. The zero-order valence-electron chi connectivity index (χ0n) is 12.5. The number of phenols is 1. The molecule has 0 saturated heterocycles. The second kappa shape index (κ2) is 7.21. The predicted molar refractivity (Wildman–Crippen MR) is 86.6 cm³/mol. The number of hydrogen-bond donors (Lipinski definition) is 3. The Bertz CT molecular complexity index is 654. The number of nitrogens with one attached hydrogen (secondary N) is 1. The third kappa shape index (κ3) is 4.05. The first-order chi connectivity index (χ1) is 10.6. The number of aliphatic imine (C=N–C) groups is 1. The molecule has 2 aromatic carbocycles. The number of hydrogen-bond acceptors (Lipinski definition) is 4. The van der Waals surface area contributed by atoms with Crippen LogP contribution in [0.3, 0.4) is 0 Å². The highest BCUT2D eigenvalue weighted by molar-refractivity contribution is 5.94. The summed E-state index contributed by atoms with van der Waals surface area (Å²) in [6.45, 7) is 0.408. The van der Waals surface area contributed by atoms with Crippen molar-refractivity contribution in [2.75, 3.05) is 19.5 Å². The van der Waals surface area contributed by atoms with Crippen LogP contribution >= 0.6 is 0 Å². The number of nitrogens with zero attached hydrogens (tertiary/aromatic N) is 1. The SMILES string of the molecule is COc1ccc(OC)c(NC(N)=NCc2ccc(O)cc2)c1. The molecular formula is C16H19N3O3. The normalized spacial score (nSPS) is 11.1. The van der Waals surface area contributed by atoms with Gasteiger partial charge >= 0.3 is 0 Å². The van der Waals surface area contributed by atoms with Gasteiger partial charge < -0.3 is 25.6 Å². The largest absolute Gasteiger partial charge is 0.508 e. The molecule has 6 nitrogen and oxygen atoms in total. The standard InChI is InChI=1S/C16H19N3O3/c1-21-13-7-8-15(22-2)14(9-13)19-16(17)18-10-11-3-5-12(20)6-4-11/h3-9,20H,10H2,1-2H3,(H3,17,18,19). The number of phenolic OH excluding ortho intramolecular Hbond substituents is 1. The molecule has 0 atom stereocenters. The number of rotatable bonds is 5. The molecule has 0 unspecified atom stereocenters. The van der Waals surface area contributed by atoms with Gasteiger partial charge in [0.15, 0.2) is 5.96 Å². The number of nitrogens with two attached hydrogens (primary N) is 1. The quantitative estimate of drug-likeness (QED) is 0.582. The monoisotopic (exact) mass is 301 g/mol. The van der Waals surface area contributed by atoms with Gasteiger partial charge in [-0.1, -0.05) is 12.1 Å². The first-order valence-electron chi connectivity index (χ1n) is 6.69. The number of aromatic hydroxyl groups is 1. The van der Waals surface area contributed by atoms with E-state index in [1.165, 1.54) is 0 Å². The number of guanidine groups is 1. The third-order valence-corrected chi connectivity index (χ3v) is 3.04. The Hall–Kier alpha value is -2.89. The Kier molecular flexibility index (Phi) is 5.08. The molecule has 4 N–H and O–H groups in total. The van der Waals surface area contributed by atoms with E-state index in [0.29, 0.717) is 23.7 Å². The van der Waals surface area contributed by atoms with Crippen molar-refractivity contribution >= 4 is 11.6 Å². The second-order valence-corrected chi connectivity index (χ2v) is 4.56. The maximum absolute atomic E-state index is 9.24. The van der Waals surface area contributed by atoms with Crippen LogP contribution in [0.5, 0.6) is 17.2 Å². The number of benzene rings is 2. The van der Waals surface area contributed by atoms with E-state index in [-0.39, 0.29) is 11.7 Å². The lowest BCUT2D eigenvalue weighted by atomic mass is 10.2. The van der Waals surface area contributed by atoms with Crippen molar-refractivity contribution in [1.29, 1.82) is 0 Å². The van der Waals surface area contributed by atoms with Crippen molar-refractivity contribution in [1.82, 2.24) is 0 Å². The lowest BCUT2D eigenvalue weighted by Gasteiger charge is -2.12. The highest BCUT2D eigenvalue weighted by atomic mass is 16.5. The highest BCUT2D eigenvalue weighted by Crippen LogP contribution is 2.28. The van der Waals surface area contributed by atoms with E-state index in [2.05, 4.69) is 10.3 Å². The van der Waals surface area contributed by atoms with Crippen molar-refractivity contribution in [3.05, 3.63) is 48.0 Å². The first-order valence-corrected chi connectivity index (χ1v) is 6.69. The van der Waals surface area contributed by atoms with Gasteiger partial charge in [-0.25, -0.2) is 4.99 Å². The molecule has 6 heteroatoms. The molecule has 2 rings (SSSR count). The summed E-state index contributed by atoms with van der Waals surface area (Å²) in [5, 5.41) is 12.2. The molecule has 0 aliphatic rings. The maximum Gasteiger partial charge on any atom is 0.193 e. The number of anilines is 1. The Labute approximate surface area is 129 Å². The molecule has 0 aromatic heterocycles. The van der Waals surface area contributed by atoms with Crippen LogP contribution in [0.25, 0.3) is 0 Å². The van der Waals surface area contributed by atoms with E-state index in [0.717, 1.165) is 5.56 Å². The minimum absolute atomic E-state index is 0.222. The first kappa shape index (κ1) is 15.5. The van der Waals surface area contributed by atoms with E-state index in [4.69, 9.17) is 15.2 Å². The van der Waals surface area contributed by atoms with Gasteiger partial charge in [0.05, 0.1) is 26.5 Å². The zero-order valence-corrected chi connectivity index (χ0v) is 12.5. The summed E-state index contributed by atoms with van der Waals surface area (Å²) in [6, 6.07) is 12.2. The third-order valence-electron chi connectivity index (χ3n) is 3.04. The van der Waals surface area contributed by atoms with Gasteiger partial charge in [0, 0.05) is 6.07 Å². The summed E-state index contributed by atoms with van der Waals surface area (Å²) in [5.41, 5.74) is 7.51. The Morgan fingerprint density at radius 1 is 1.14 bits per heavy atom. The summed E-state index contributed by atoms with van der Waals surface area (Å²) < 4.78 is 10.4. The zero-order chi connectivity index (χ0) is 15.9. The molecule has 22 heavy (non-hydrogen) atoms. The number of ether oxygens (including phenoxy) is 2. The van der Waals surface area contributed by atoms with Crippen LogP contribution in [0, 0.1) is 0 Å². The van der Waals surface area contributed by atoms with Crippen molar-refractivity contribution in [2.24, 2.45) is 10.7 Å². The Balaban J connectivity index is 2.08. The molecule has 2 aromatic rings. The smallest absolute Gasteiger partial charge is 0.193 e. The average Bonchev–Trinajstić information content (AvgIpc) is 2.54. The molecule has 0 heterocycles. The molecule has 0 amide bonds. The minimum Gasteiger partial charge on any atom is -0.508 e. The van der Waals surface area contributed by atoms with Crippen molar-refractivity contribution in [2.45, 2.75) is 6.54 Å². The molecule has 0 saturated carbocycles. The van der Waals surface area contributed by atoms with Crippen LogP contribution in [-0.4, -0.2) is 25.3 Å². The molecule has 0 spiro atoms. The van der Waals surface area contributed by atoms with E-state index >= 15 is 0 Å². The van der Waals surface area contributed by atoms with E-state index in [9.17, 15) is 5.11 Å². The summed E-state index contributed by atoms with van der Waals surface area (Å²) in [5.74, 6) is 1.82. The molecule has 0 bridgehead atoms. The summed E-state index contributed by atoms with van der Waals surface area (Å²) in [7, 11) is 3.17. The summed E-state index contributed by atoms with van der Waals surface area (Å²) >= 11 is 0. The summed E-state index contributed by atoms with van der Waals surface area (Å²) in [6.07, 6.45) is 0. The Morgan fingerprint density at radius 2 is 1.86 bits per heavy atom. The lowest BCUT2D eigenvalue weighted by molar-refractivity contribution is 0.405. The fraction of sp³-hybridized carbons (Fsp3) is 0.188. The van der Waals surface area contributed by atoms with E-state index in [1.807, 2.05) is 0 Å². The van der Waals surface area contributed by atoms with Gasteiger partial charge in [0.1, 0.15) is 17.2 Å². The summed E-state index contributed by atoms with van der Waals surface area (Å²) in [4.78, 5) is 4.26. The van der Waals surface area contributed by atoms with Gasteiger partial charge in [0.25, 0.3) is 0 Å². The fourth-order valence-corrected chi connectivity index (χ4v) is 1.87. The van der Waals surface area contributed by atoms with Gasteiger partial charge in [0.2, 0.25) is 0 Å². The van der Waals surface area contributed by atoms with Gasteiger partial charge in [-0.2, -0.15) is 0 Å². The lowest BCUT2D eigenvalue weighted by Crippen LogP contribution is -2.23. The van der Waals surface area contributed by atoms with Crippen molar-refractivity contribution in [3.8, 4) is 17.2 Å². The molecule has 0 aliphatic heterocycles. The van der Waals surface area contributed by atoms with Gasteiger partial charge in [-0.3, -0.25) is 0 Å². The van der Waals surface area contributed by atoms with Crippen LogP contribution in [0.15, 0.2) is 47.5 Å². The molecular weight excluding hydrogens is 282 g/mol. The molecule has 116 valence electrons. The highest BCUT2D eigenvalue weighted by Gasteiger charge is 2.06. The molecule has 0 radical (unpaired) electrons.